The monoisotopic (exact) mass is 426 g/mol. The Morgan fingerprint density at radius 3 is 2.58 bits per heavy atom. The van der Waals surface area contributed by atoms with Gasteiger partial charge >= 0.3 is 0 Å². The number of aliphatic hydroxyl groups is 1. The lowest BCUT2D eigenvalue weighted by molar-refractivity contribution is -0.430. The van der Waals surface area contributed by atoms with Crippen molar-refractivity contribution in [3.05, 3.63) is 36.0 Å². The third-order valence-corrected chi connectivity index (χ3v) is 10.6. The lowest BCUT2D eigenvalue weighted by Gasteiger charge is -2.56. The predicted molar refractivity (Wildman–Crippen MR) is 124 cm³/mol. The van der Waals surface area contributed by atoms with E-state index in [1.807, 2.05) is 0 Å². The zero-order valence-electron chi connectivity index (χ0n) is 20.4. The molecule has 0 amide bonds. The average Bonchev–Trinajstić information content (AvgIpc) is 2.89. The molecule has 2 heterocycles. The first-order chi connectivity index (χ1) is 14.6. The summed E-state index contributed by atoms with van der Waals surface area (Å²) in [6, 6.07) is 0. The van der Waals surface area contributed by atoms with Crippen molar-refractivity contribution in [2.45, 2.75) is 97.4 Å². The van der Waals surface area contributed by atoms with E-state index >= 15 is 0 Å². The van der Waals surface area contributed by atoms with Gasteiger partial charge in [-0.1, -0.05) is 77.5 Å². The molecular formula is C28H42O3. The minimum Gasteiger partial charge on any atom is -0.393 e. The molecule has 1 saturated heterocycles. The van der Waals surface area contributed by atoms with Crippen molar-refractivity contribution >= 4 is 0 Å². The van der Waals surface area contributed by atoms with Crippen LogP contribution in [0.25, 0.3) is 0 Å². The van der Waals surface area contributed by atoms with E-state index in [1.54, 1.807) is 0 Å². The third-order valence-electron chi connectivity index (χ3n) is 10.6. The molecule has 2 spiro atoms. The molecule has 9 atom stereocenters. The summed E-state index contributed by atoms with van der Waals surface area (Å²) in [6.45, 7) is 14.1. The van der Waals surface area contributed by atoms with Gasteiger partial charge in [-0.3, -0.25) is 0 Å². The second-order valence-corrected chi connectivity index (χ2v) is 12.3. The minimum absolute atomic E-state index is 0.0460. The van der Waals surface area contributed by atoms with Gasteiger partial charge < -0.3 is 5.11 Å². The smallest absolute Gasteiger partial charge is 0.133 e. The highest BCUT2D eigenvalue weighted by atomic mass is 17.2. The Balaban J connectivity index is 1.52. The van der Waals surface area contributed by atoms with Crippen molar-refractivity contribution in [3.63, 3.8) is 0 Å². The zero-order chi connectivity index (χ0) is 22.2. The van der Waals surface area contributed by atoms with Crippen LogP contribution in [0.5, 0.6) is 0 Å². The van der Waals surface area contributed by atoms with Crippen molar-refractivity contribution in [2.24, 2.45) is 40.4 Å². The molecule has 4 aliphatic carbocycles. The van der Waals surface area contributed by atoms with Crippen LogP contribution in [-0.2, 0) is 9.78 Å². The fraction of sp³-hybridized carbons (Fsp3) is 0.786. The fourth-order valence-electron chi connectivity index (χ4n) is 7.93. The van der Waals surface area contributed by atoms with Crippen LogP contribution < -0.4 is 0 Å². The van der Waals surface area contributed by atoms with E-state index < -0.39 is 5.60 Å². The second-order valence-electron chi connectivity index (χ2n) is 12.3. The molecule has 0 aromatic carbocycles. The first kappa shape index (κ1) is 21.9. The molecular weight excluding hydrogens is 384 g/mol. The maximum atomic E-state index is 10.5. The number of allylic oxidation sites excluding steroid dienone is 3. The summed E-state index contributed by atoms with van der Waals surface area (Å²) in [4.78, 5) is 13.1. The van der Waals surface area contributed by atoms with E-state index in [2.05, 4.69) is 71.9 Å². The summed E-state index contributed by atoms with van der Waals surface area (Å²) < 4.78 is 0. The molecule has 0 radical (unpaired) electrons. The fourth-order valence-corrected chi connectivity index (χ4v) is 7.93. The van der Waals surface area contributed by atoms with Gasteiger partial charge in [-0.2, -0.15) is 0 Å². The minimum atomic E-state index is -0.530. The van der Waals surface area contributed by atoms with Crippen LogP contribution in [0.1, 0.15) is 80.1 Å². The van der Waals surface area contributed by atoms with E-state index in [1.165, 1.54) is 12.0 Å². The van der Waals surface area contributed by atoms with Gasteiger partial charge in [0.05, 0.1) is 6.10 Å². The molecule has 3 nitrogen and oxygen atoms in total. The SMILES string of the molecule is CC(C)[C@@H](C)/C=C/[C@@H](C)[C@H]1CC[C@@]23OO[C@@]45C=C[C@@H]2C(=CC[C@]13C)[C@@]4(C)CC[C@H](O)C5. The molecule has 0 aromatic rings. The largest absolute Gasteiger partial charge is 0.393 e. The van der Waals surface area contributed by atoms with E-state index in [9.17, 15) is 5.11 Å². The highest BCUT2D eigenvalue weighted by Crippen LogP contribution is 2.71. The van der Waals surface area contributed by atoms with Crippen LogP contribution >= 0.6 is 0 Å². The number of fused-ring (bicyclic) bond motifs is 1. The Labute approximate surface area is 188 Å². The number of aliphatic hydroxyl groups excluding tert-OH is 1. The molecule has 2 saturated carbocycles. The van der Waals surface area contributed by atoms with E-state index in [4.69, 9.17) is 9.78 Å². The van der Waals surface area contributed by atoms with Gasteiger partial charge in [-0.15, -0.1) is 0 Å². The number of hydrogen-bond acceptors (Lipinski definition) is 3. The molecule has 4 bridgehead atoms. The molecule has 6 aliphatic rings. The summed E-state index contributed by atoms with van der Waals surface area (Å²) in [5, 5.41) is 10.5. The Hall–Kier alpha value is -0.900. The van der Waals surface area contributed by atoms with E-state index in [-0.39, 0.29) is 28.5 Å². The van der Waals surface area contributed by atoms with Crippen LogP contribution in [0.4, 0.5) is 0 Å². The number of rotatable bonds is 4. The van der Waals surface area contributed by atoms with Crippen LogP contribution in [0.2, 0.25) is 0 Å². The molecule has 3 fully saturated rings. The summed E-state index contributed by atoms with van der Waals surface area (Å²) in [5.74, 6) is 2.66. The molecule has 0 aromatic heterocycles. The Kier molecular flexibility index (Phi) is 4.98. The highest BCUT2D eigenvalue weighted by Gasteiger charge is 2.72. The summed E-state index contributed by atoms with van der Waals surface area (Å²) in [7, 11) is 0. The summed E-state index contributed by atoms with van der Waals surface area (Å²) in [5.41, 5.74) is 0.669. The maximum absolute atomic E-state index is 10.5. The number of hydrogen-bond donors (Lipinski definition) is 1. The van der Waals surface area contributed by atoms with Crippen molar-refractivity contribution in [3.8, 4) is 0 Å². The quantitative estimate of drug-likeness (QED) is 0.418. The standard InChI is InChI=1S/C28H42O3/c1-18(2)19(3)7-8-20(4)22-12-16-28-24-11-15-27(30-31-28)17-21(29)9-13-25(27,5)23(24)10-14-26(22,28)6/h7-8,10-11,15,18-22,24,29H,9,12-14,16-17H2,1-6H3/b8-7+/t19-,20+,21-,22+,24+,25+,26+,27+,28+/m0/s1. The van der Waals surface area contributed by atoms with E-state index in [0.717, 1.165) is 25.7 Å². The molecule has 6 rings (SSSR count). The molecule has 1 N–H and O–H groups in total. The van der Waals surface area contributed by atoms with Crippen molar-refractivity contribution in [2.75, 3.05) is 0 Å². The Bertz CT molecular complexity index is 826. The first-order valence-electron chi connectivity index (χ1n) is 12.7. The van der Waals surface area contributed by atoms with Gasteiger partial charge in [0.2, 0.25) is 0 Å². The van der Waals surface area contributed by atoms with Crippen LogP contribution in [-0.4, -0.2) is 22.4 Å². The Morgan fingerprint density at radius 1 is 1.06 bits per heavy atom. The van der Waals surface area contributed by atoms with Crippen LogP contribution in [0, 0.1) is 40.4 Å². The van der Waals surface area contributed by atoms with E-state index in [0.29, 0.717) is 30.1 Å². The summed E-state index contributed by atoms with van der Waals surface area (Å²) >= 11 is 0. The van der Waals surface area contributed by atoms with Gasteiger partial charge in [-0.25, -0.2) is 9.78 Å². The van der Waals surface area contributed by atoms with Gasteiger partial charge in [0.1, 0.15) is 11.2 Å². The topological polar surface area (TPSA) is 38.7 Å². The van der Waals surface area contributed by atoms with Crippen LogP contribution in [0.3, 0.4) is 0 Å². The third kappa shape index (κ3) is 2.75. The van der Waals surface area contributed by atoms with Crippen molar-refractivity contribution < 1.29 is 14.9 Å². The molecule has 0 unspecified atom stereocenters. The molecule has 2 aliphatic heterocycles. The van der Waals surface area contributed by atoms with Crippen LogP contribution in [0.15, 0.2) is 36.0 Å². The zero-order valence-corrected chi connectivity index (χ0v) is 20.4. The lowest BCUT2D eigenvalue weighted by Crippen LogP contribution is -2.57. The normalized spacial score (nSPS) is 50.2. The second kappa shape index (κ2) is 7.05. The highest BCUT2D eigenvalue weighted by molar-refractivity contribution is 5.43. The average molecular weight is 427 g/mol. The lowest BCUT2D eigenvalue weighted by atomic mass is 9.48. The van der Waals surface area contributed by atoms with Gasteiger partial charge in [0.15, 0.2) is 0 Å². The molecule has 31 heavy (non-hydrogen) atoms. The van der Waals surface area contributed by atoms with Gasteiger partial charge in [-0.05, 0) is 55.8 Å². The predicted octanol–water partition coefficient (Wildman–Crippen LogP) is 6.39. The van der Waals surface area contributed by atoms with Gasteiger partial charge in [0, 0.05) is 23.2 Å². The molecule has 172 valence electrons. The Morgan fingerprint density at radius 2 is 1.84 bits per heavy atom. The summed E-state index contributed by atoms with van der Waals surface area (Å²) in [6.07, 6.45) is 17.5. The maximum Gasteiger partial charge on any atom is 0.133 e. The van der Waals surface area contributed by atoms with Crippen molar-refractivity contribution in [1.82, 2.24) is 0 Å². The van der Waals surface area contributed by atoms with Crippen molar-refractivity contribution in [1.29, 1.82) is 0 Å². The molecule has 3 heteroatoms. The van der Waals surface area contributed by atoms with Gasteiger partial charge in [0.25, 0.3) is 0 Å². The first-order valence-corrected chi connectivity index (χ1v) is 12.7.